The van der Waals surface area contributed by atoms with Crippen molar-refractivity contribution in [1.29, 1.82) is 0 Å². The maximum atomic E-state index is 11.5. The summed E-state index contributed by atoms with van der Waals surface area (Å²) < 4.78 is 5.15. The van der Waals surface area contributed by atoms with E-state index in [1.165, 1.54) is 0 Å². The molecule has 4 N–H and O–H groups in total. The lowest BCUT2D eigenvalue weighted by Crippen LogP contribution is -2.42. The number of hydrogen-bond acceptors (Lipinski definition) is 4. The number of carbonyl (C=O) groups is 2. The van der Waals surface area contributed by atoms with Gasteiger partial charge in [0.2, 0.25) is 5.91 Å². The zero-order chi connectivity index (χ0) is 18.4. The van der Waals surface area contributed by atoms with Gasteiger partial charge in [-0.3, -0.25) is 9.79 Å². The summed E-state index contributed by atoms with van der Waals surface area (Å²) in [5.41, 5.74) is -0.508. The zero-order valence-electron chi connectivity index (χ0n) is 15.6. The van der Waals surface area contributed by atoms with Gasteiger partial charge in [-0.2, -0.15) is 0 Å². The number of ether oxygens (including phenoxy) is 1. The first kappa shape index (κ1) is 22.0. The van der Waals surface area contributed by atoms with Crippen LogP contribution in [0, 0.1) is 0 Å². The second-order valence-corrected chi connectivity index (χ2v) is 6.22. The van der Waals surface area contributed by atoms with Crippen molar-refractivity contribution in [2.45, 2.75) is 53.1 Å². The lowest BCUT2D eigenvalue weighted by atomic mass is 10.2. The Morgan fingerprint density at radius 1 is 0.958 bits per heavy atom. The highest BCUT2D eigenvalue weighted by atomic mass is 16.6. The third-order valence-electron chi connectivity index (χ3n) is 2.61. The fourth-order valence-electron chi connectivity index (χ4n) is 1.62. The van der Waals surface area contributed by atoms with Gasteiger partial charge in [-0.25, -0.2) is 4.79 Å². The fraction of sp³-hybridized carbons (Fsp3) is 0.812. The van der Waals surface area contributed by atoms with Crippen molar-refractivity contribution in [2.75, 3.05) is 32.7 Å². The number of nitrogens with zero attached hydrogens (tertiary/aromatic N) is 1. The molecule has 2 amide bonds. The smallest absolute Gasteiger partial charge is 0.407 e. The van der Waals surface area contributed by atoms with Crippen LogP contribution in [0.5, 0.6) is 0 Å². The van der Waals surface area contributed by atoms with E-state index in [1.807, 2.05) is 34.6 Å². The Morgan fingerprint density at radius 3 is 2.21 bits per heavy atom. The summed E-state index contributed by atoms with van der Waals surface area (Å²) in [6.07, 6.45) is 0.829. The first-order valence-corrected chi connectivity index (χ1v) is 8.54. The fourth-order valence-corrected chi connectivity index (χ4v) is 1.62. The van der Waals surface area contributed by atoms with Crippen LogP contribution in [0.4, 0.5) is 4.79 Å². The van der Waals surface area contributed by atoms with Crippen LogP contribution in [0.3, 0.4) is 0 Å². The number of hydrogen-bond donors (Lipinski definition) is 4. The summed E-state index contributed by atoms with van der Waals surface area (Å²) in [5, 5.41) is 11.7. The molecule has 0 rings (SSSR count). The van der Waals surface area contributed by atoms with E-state index in [-0.39, 0.29) is 5.91 Å². The molecule has 140 valence electrons. The number of carbonyl (C=O) groups excluding carboxylic acids is 2. The molecule has 0 radical (unpaired) electrons. The lowest BCUT2D eigenvalue weighted by Gasteiger charge is -2.19. The first-order valence-electron chi connectivity index (χ1n) is 8.54. The van der Waals surface area contributed by atoms with Gasteiger partial charge >= 0.3 is 6.09 Å². The second-order valence-electron chi connectivity index (χ2n) is 6.22. The summed E-state index contributed by atoms with van der Waals surface area (Å²) in [5.74, 6) is 0.620. The van der Waals surface area contributed by atoms with Gasteiger partial charge in [0.15, 0.2) is 5.96 Å². The molecule has 0 spiro atoms. The Balaban J connectivity index is 4.04. The normalized spacial score (nSPS) is 11.6. The number of alkyl carbamates (subject to hydrolysis) is 1. The van der Waals surface area contributed by atoms with Gasteiger partial charge in [0.05, 0.1) is 6.54 Å². The molecule has 0 aromatic heterocycles. The van der Waals surface area contributed by atoms with Crippen LogP contribution in [-0.4, -0.2) is 56.3 Å². The Morgan fingerprint density at radius 2 is 1.62 bits per heavy atom. The molecule has 0 aliphatic heterocycles. The molecule has 24 heavy (non-hydrogen) atoms. The molecule has 0 aromatic rings. The van der Waals surface area contributed by atoms with Crippen LogP contribution in [0.15, 0.2) is 4.99 Å². The van der Waals surface area contributed by atoms with Gasteiger partial charge in [0, 0.05) is 32.6 Å². The quantitative estimate of drug-likeness (QED) is 0.284. The van der Waals surface area contributed by atoms with Crippen LogP contribution in [0.25, 0.3) is 0 Å². The summed E-state index contributed by atoms with van der Waals surface area (Å²) in [6, 6.07) is 0. The van der Waals surface area contributed by atoms with Crippen LogP contribution >= 0.6 is 0 Å². The third-order valence-corrected chi connectivity index (χ3v) is 2.61. The molecule has 0 unspecified atom stereocenters. The van der Waals surface area contributed by atoms with Crippen LogP contribution < -0.4 is 21.3 Å². The summed E-state index contributed by atoms with van der Waals surface area (Å²) in [6.45, 7) is 12.2. The zero-order valence-corrected chi connectivity index (χ0v) is 15.6. The molecular weight excluding hydrogens is 310 g/mol. The van der Waals surface area contributed by atoms with E-state index in [0.717, 1.165) is 6.42 Å². The molecule has 0 aromatic carbocycles. The minimum atomic E-state index is -0.508. The Bertz CT molecular complexity index is 405. The van der Waals surface area contributed by atoms with E-state index in [4.69, 9.17) is 4.74 Å². The van der Waals surface area contributed by atoms with E-state index in [1.54, 1.807) is 0 Å². The molecule has 0 heterocycles. The first-order chi connectivity index (χ1) is 11.3. The predicted molar refractivity (Wildman–Crippen MR) is 96.1 cm³/mol. The number of guanidine groups is 1. The Labute approximate surface area is 145 Å². The largest absolute Gasteiger partial charge is 0.444 e. The molecule has 0 bridgehead atoms. The van der Waals surface area contributed by atoms with E-state index in [0.29, 0.717) is 45.1 Å². The maximum Gasteiger partial charge on any atom is 0.407 e. The SMILES string of the molecule is CCCNC(=O)CCN=C(NCC)NCCNC(=O)OC(C)(C)C. The van der Waals surface area contributed by atoms with Crippen molar-refractivity contribution >= 4 is 18.0 Å². The van der Waals surface area contributed by atoms with E-state index in [9.17, 15) is 9.59 Å². The maximum absolute atomic E-state index is 11.5. The highest BCUT2D eigenvalue weighted by Gasteiger charge is 2.15. The molecule has 0 aliphatic carbocycles. The summed E-state index contributed by atoms with van der Waals surface area (Å²) in [4.78, 5) is 27.3. The minimum absolute atomic E-state index is 0.00282. The van der Waals surface area contributed by atoms with Crippen molar-refractivity contribution in [2.24, 2.45) is 4.99 Å². The number of rotatable bonds is 9. The molecule has 0 aliphatic rings. The molecule has 0 saturated heterocycles. The van der Waals surface area contributed by atoms with Gasteiger partial charge in [0.1, 0.15) is 5.60 Å². The van der Waals surface area contributed by atoms with Crippen molar-refractivity contribution in [3.8, 4) is 0 Å². The van der Waals surface area contributed by atoms with Crippen molar-refractivity contribution in [3.05, 3.63) is 0 Å². The Hall–Kier alpha value is -1.99. The van der Waals surface area contributed by atoms with E-state index >= 15 is 0 Å². The van der Waals surface area contributed by atoms with E-state index in [2.05, 4.69) is 26.3 Å². The van der Waals surface area contributed by atoms with Crippen molar-refractivity contribution < 1.29 is 14.3 Å². The van der Waals surface area contributed by atoms with Crippen LogP contribution in [0.2, 0.25) is 0 Å². The molecule has 0 saturated carbocycles. The third kappa shape index (κ3) is 13.7. The van der Waals surface area contributed by atoms with Gasteiger partial charge in [-0.15, -0.1) is 0 Å². The van der Waals surface area contributed by atoms with Gasteiger partial charge in [-0.05, 0) is 34.1 Å². The van der Waals surface area contributed by atoms with Crippen LogP contribution in [-0.2, 0) is 9.53 Å². The summed E-state index contributed by atoms with van der Waals surface area (Å²) in [7, 11) is 0. The standard InChI is InChI=1S/C16H33N5O3/c1-6-9-18-13(22)8-10-19-14(17-7-2)20-11-12-21-15(23)24-16(3,4)5/h6-12H2,1-5H3,(H,18,22)(H,21,23)(H2,17,19,20). The average Bonchev–Trinajstić information content (AvgIpc) is 2.47. The molecule has 8 nitrogen and oxygen atoms in total. The molecule has 8 heteroatoms. The summed E-state index contributed by atoms with van der Waals surface area (Å²) >= 11 is 0. The highest BCUT2D eigenvalue weighted by Crippen LogP contribution is 2.05. The van der Waals surface area contributed by atoms with E-state index < -0.39 is 11.7 Å². The number of aliphatic imine (C=N–C) groups is 1. The Kier molecular flexibility index (Phi) is 11.4. The second kappa shape index (κ2) is 12.4. The minimum Gasteiger partial charge on any atom is -0.444 e. The highest BCUT2D eigenvalue weighted by molar-refractivity contribution is 5.80. The number of amides is 2. The average molecular weight is 343 g/mol. The predicted octanol–water partition coefficient (Wildman–Crippen LogP) is 0.983. The number of nitrogens with one attached hydrogen (secondary N) is 4. The van der Waals surface area contributed by atoms with Crippen molar-refractivity contribution in [3.63, 3.8) is 0 Å². The topological polar surface area (TPSA) is 104 Å². The van der Waals surface area contributed by atoms with Gasteiger partial charge in [0.25, 0.3) is 0 Å². The molecular formula is C16H33N5O3. The molecule has 0 atom stereocenters. The van der Waals surface area contributed by atoms with Gasteiger partial charge < -0.3 is 26.0 Å². The monoisotopic (exact) mass is 343 g/mol. The lowest BCUT2D eigenvalue weighted by molar-refractivity contribution is -0.120. The molecule has 0 fully saturated rings. The van der Waals surface area contributed by atoms with Gasteiger partial charge in [-0.1, -0.05) is 6.92 Å². The van der Waals surface area contributed by atoms with Crippen molar-refractivity contribution in [1.82, 2.24) is 21.3 Å². The van der Waals surface area contributed by atoms with Crippen LogP contribution in [0.1, 0.15) is 47.5 Å².